The second kappa shape index (κ2) is 6.66. The van der Waals surface area contributed by atoms with Crippen molar-refractivity contribution >= 4 is 45.2 Å². The van der Waals surface area contributed by atoms with Gasteiger partial charge in [-0.15, -0.1) is 0 Å². The molecule has 5 nitrogen and oxygen atoms in total. The van der Waals surface area contributed by atoms with Crippen LogP contribution in [0.1, 0.15) is 19.8 Å². The molecule has 2 amide bonds. The summed E-state index contributed by atoms with van der Waals surface area (Å²) < 4.78 is 0.722. The van der Waals surface area contributed by atoms with Crippen molar-refractivity contribution in [2.45, 2.75) is 25.8 Å². The number of anilines is 1. The maximum absolute atomic E-state index is 12.3. The van der Waals surface area contributed by atoms with E-state index in [2.05, 4.69) is 21.2 Å². The van der Waals surface area contributed by atoms with E-state index in [9.17, 15) is 9.59 Å². The van der Waals surface area contributed by atoms with E-state index in [0.717, 1.165) is 4.47 Å². The van der Waals surface area contributed by atoms with Gasteiger partial charge in [0.25, 0.3) is 0 Å². The number of rotatable bonds is 2. The third kappa shape index (κ3) is 3.89. The first-order chi connectivity index (χ1) is 9.88. The topological polar surface area (TPSA) is 69.6 Å². The molecule has 0 aliphatic carbocycles. The molecule has 0 aromatic heterocycles. The SMILES string of the molecule is C[C@H]1C[C@@H](C(=O)Nc2ccc(Cl)cc2Br)CCN1C(=O)O. The number of carbonyl (C=O) groups excluding carboxylic acids is 1. The van der Waals surface area contributed by atoms with Crippen LogP contribution in [0.5, 0.6) is 0 Å². The summed E-state index contributed by atoms with van der Waals surface area (Å²) in [6, 6.07) is 5.01. The predicted molar refractivity (Wildman–Crippen MR) is 84.7 cm³/mol. The summed E-state index contributed by atoms with van der Waals surface area (Å²) in [6.07, 6.45) is 0.138. The maximum atomic E-state index is 12.3. The number of nitrogens with zero attached hydrogens (tertiary/aromatic N) is 1. The van der Waals surface area contributed by atoms with Crippen molar-refractivity contribution in [3.05, 3.63) is 27.7 Å². The highest BCUT2D eigenvalue weighted by Crippen LogP contribution is 2.28. The molecule has 0 spiro atoms. The minimum absolute atomic E-state index is 0.0880. The highest BCUT2D eigenvalue weighted by atomic mass is 79.9. The van der Waals surface area contributed by atoms with Gasteiger partial charge < -0.3 is 15.3 Å². The van der Waals surface area contributed by atoms with Crippen molar-refractivity contribution < 1.29 is 14.7 Å². The Kier molecular flexibility index (Phi) is 5.11. The lowest BCUT2D eigenvalue weighted by atomic mass is 9.91. The normalized spacial score (nSPS) is 22.0. The van der Waals surface area contributed by atoms with E-state index in [1.165, 1.54) is 4.90 Å². The minimum atomic E-state index is -0.929. The number of piperidine rings is 1. The molecule has 0 bridgehead atoms. The number of hydrogen-bond acceptors (Lipinski definition) is 2. The summed E-state index contributed by atoms with van der Waals surface area (Å²) in [6.45, 7) is 2.21. The monoisotopic (exact) mass is 374 g/mol. The lowest BCUT2D eigenvalue weighted by molar-refractivity contribution is -0.121. The van der Waals surface area contributed by atoms with Gasteiger partial charge in [0, 0.05) is 28.0 Å². The third-order valence-corrected chi connectivity index (χ3v) is 4.57. The van der Waals surface area contributed by atoms with E-state index in [1.54, 1.807) is 18.2 Å². The van der Waals surface area contributed by atoms with Crippen LogP contribution in [0.2, 0.25) is 5.02 Å². The summed E-state index contributed by atoms with van der Waals surface area (Å²) in [5, 5.41) is 12.5. The molecule has 0 radical (unpaired) electrons. The molecule has 0 unspecified atom stereocenters. The second-order valence-corrected chi connectivity index (χ2v) is 6.45. The first-order valence-corrected chi connectivity index (χ1v) is 7.81. The lowest BCUT2D eigenvalue weighted by Gasteiger charge is -2.35. The molecule has 1 saturated heterocycles. The van der Waals surface area contributed by atoms with Gasteiger partial charge in [0.2, 0.25) is 5.91 Å². The van der Waals surface area contributed by atoms with Crippen molar-refractivity contribution in [1.82, 2.24) is 4.90 Å². The molecule has 1 aromatic rings. The fourth-order valence-electron chi connectivity index (χ4n) is 2.52. The Morgan fingerprint density at radius 1 is 1.48 bits per heavy atom. The Morgan fingerprint density at radius 3 is 2.76 bits per heavy atom. The third-order valence-electron chi connectivity index (χ3n) is 3.68. The van der Waals surface area contributed by atoms with E-state index in [-0.39, 0.29) is 17.9 Å². The molecule has 1 heterocycles. The van der Waals surface area contributed by atoms with E-state index in [0.29, 0.717) is 30.1 Å². The van der Waals surface area contributed by atoms with Crippen LogP contribution in [0.15, 0.2) is 22.7 Å². The minimum Gasteiger partial charge on any atom is -0.465 e. The van der Waals surface area contributed by atoms with Crippen LogP contribution in [0, 0.1) is 5.92 Å². The zero-order valence-corrected chi connectivity index (χ0v) is 13.8. The molecule has 0 saturated carbocycles. The molecular formula is C14H16BrClN2O3. The lowest BCUT2D eigenvalue weighted by Crippen LogP contribution is -2.46. The average molecular weight is 376 g/mol. The van der Waals surface area contributed by atoms with Crippen molar-refractivity contribution in [2.75, 3.05) is 11.9 Å². The van der Waals surface area contributed by atoms with Gasteiger partial charge in [-0.3, -0.25) is 4.79 Å². The number of amides is 2. The molecule has 21 heavy (non-hydrogen) atoms. The van der Waals surface area contributed by atoms with Gasteiger partial charge >= 0.3 is 6.09 Å². The van der Waals surface area contributed by atoms with Crippen LogP contribution in [-0.4, -0.2) is 34.6 Å². The summed E-state index contributed by atoms with van der Waals surface area (Å²) >= 11 is 9.22. The number of hydrogen-bond donors (Lipinski definition) is 2. The van der Waals surface area contributed by atoms with Crippen LogP contribution in [0.25, 0.3) is 0 Å². The van der Waals surface area contributed by atoms with Crippen LogP contribution < -0.4 is 5.32 Å². The predicted octanol–water partition coefficient (Wildman–Crippen LogP) is 3.82. The number of benzene rings is 1. The summed E-state index contributed by atoms with van der Waals surface area (Å²) in [5.74, 6) is -0.270. The zero-order chi connectivity index (χ0) is 15.6. The second-order valence-electron chi connectivity index (χ2n) is 5.16. The van der Waals surface area contributed by atoms with Gasteiger partial charge in [-0.2, -0.15) is 0 Å². The number of halogens is 2. The maximum Gasteiger partial charge on any atom is 0.407 e. The average Bonchev–Trinajstić information content (AvgIpc) is 2.41. The first-order valence-electron chi connectivity index (χ1n) is 6.64. The molecular weight excluding hydrogens is 360 g/mol. The number of likely N-dealkylation sites (tertiary alicyclic amines) is 1. The summed E-state index contributed by atoms with van der Waals surface area (Å²) in [7, 11) is 0. The largest absolute Gasteiger partial charge is 0.465 e. The molecule has 1 aromatic carbocycles. The Balaban J connectivity index is 2.00. The number of carbonyl (C=O) groups is 2. The van der Waals surface area contributed by atoms with Crippen molar-refractivity contribution in [2.24, 2.45) is 5.92 Å². The van der Waals surface area contributed by atoms with Crippen LogP contribution in [0.4, 0.5) is 10.5 Å². The van der Waals surface area contributed by atoms with Crippen molar-refractivity contribution in [1.29, 1.82) is 0 Å². The Morgan fingerprint density at radius 2 is 2.19 bits per heavy atom. The molecule has 2 N–H and O–H groups in total. The van der Waals surface area contributed by atoms with Gasteiger partial charge in [0.15, 0.2) is 0 Å². The molecule has 1 aliphatic heterocycles. The smallest absolute Gasteiger partial charge is 0.407 e. The quantitative estimate of drug-likeness (QED) is 0.825. The first kappa shape index (κ1) is 16.1. The zero-order valence-electron chi connectivity index (χ0n) is 11.5. The van der Waals surface area contributed by atoms with Gasteiger partial charge in [0.1, 0.15) is 0 Å². The fourth-order valence-corrected chi connectivity index (χ4v) is 3.30. The summed E-state index contributed by atoms with van der Waals surface area (Å²) in [4.78, 5) is 24.7. The Labute approximate surface area is 136 Å². The molecule has 1 aliphatic rings. The molecule has 2 atom stereocenters. The van der Waals surface area contributed by atoms with Gasteiger partial charge in [0.05, 0.1) is 5.69 Å². The van der Waals surface area contributed by atoms with Crippen molar-refractivity contribution in [3.8, 4) is 0 Å². The van der Waals surface area contributed by atoms with Crippen LogP contribution in [0.3, 0.4) is 0 Å². The van der Waals surface area contributed by atoms with Gasteiger partial charge in [-0.05, 0) is 53.9 Å². The Bertz CT molecular complexity index is 567. The summed E-state index contributed by atoms with van der Waals surface area (Å²) in [5.41, 5.74) is 0.665. The van der Waals surface area contributed by atoms with E-state index < -0.39 is 6.09 Å². The standard InChI is InChI=1S/C14H16BrClN2O3/c1-8-6-9(4-5-18(8)14(20)21)13(19)17-12-3-2-10(16)7-11(12)15/h2-3,7-9H,4-6H2,1H3,(H,17,19)(H,20,21)/t8-,9-/m0/s1. The van der Waals surface area contributed by atoms with E-state index >= 15 is 0 Å². The van der Waals surface area contributed by atoms with Crippen molar-refractivity contribution in [3.63, 3.8) is 0 Å². The van der Waals surface area contributed by atoms with Crippen LogP contribution in [-0.2, 0) is 4.79 Å². The number of carboxylic acid groups (broad SMARTS) is 1. The molecule has 114 valence electrons. The van der Waals surface area contributed by atoms with Crippen LogP contribution >= 0.6 is 27.5 Å². The van der Waals surface area contributed by atoms with Gasteiger partial charge in [-0.1, -0.05) is 11.6 Å². The fraction of sp³-hybridized carbons (Fsp3) is 0.429. The van der Waals surface area contributed by atoms with Gasteiger partial charge in [-0.25, -0.2) is 4.79 Å². The Hall–Kier alpha value is -1.27. The van der Waals surface area contributed by atoms with E-state index in [4.69, 9.17) is 16.7 Å². The molecule has 2 rings (SSSR count). The molecule has 1 fully saturated rings. The van der Waals surface area contributed by atoms with E-state index in [1.807, 2.05) is 6.92 Å². The number of nitrogens with one attached hydrogen (secondary N) is 1. The highest BCUT2D eigenvalue weighted by Gasteiger charge is 2.32. The molecule has 7 heteroatoms. The highest BCUT2D eigenvalue weighted by molar-refractivity contribution is 9.10.